The lowest BCUT2D eigenvalue weighted by molar-refractivity contribution is -0.117. The van der Waals surface area contributed by atoms with E-state index in [0.29, 0.717) is 22.3 Å². The lowest BCUT2D eigenvalue weighted by Gasteiger charge is -2.35. The lowest BCUT2D eigenvalue weighted by atomic mass is 9.45. The second-order valence-corrected chi connectivity index (χ2v) is 13.2. The molecule has 13 heteroatoms. The van der Waals surface area contributed by atoms with Gasteiger partial charge in [0.2, 0.25) is 19.6 Å². The van der Waals surface area contributed by atoms with Gasteiger partial charge in [0.05, 0.1) is 17.8 Å². The summed E-state index contributed by atoms with van der Waals surface area (Å²) in [5.74, 6) is -0.479. The Hall–Kier alpha value is -6.23. The first-order valence-electron chi connectivity index (χ1n) is 17.2. The summed E-state index contributed by atoms with van der Waals surface area (Å²) in [6, 6.07) is 30.1. The Morgan fingerprint density at radius 1 is 0.788 bits per heavy atom. The number of nitrogens with two attached hydrogens (primary N) is 1. The molecule has 0 aliphatic heterocycles. The number of pyridine rings is 3. The SMILES string of the molecule is CB(Cc1ccccc1)N(B(C)Cc1ccccc1)c1ncc(-c2ccnc3[nH]c(C(=O)NCC(N)=O)cc23)cc1-c1ccc(C(=O)N(C)C)cn1. The maximum absolute atomic E-state index is 12.8. The van der Waals surface area contributed by atoms with Crippen LogP contribution in [0.5, 0.6) is 0 Å². The third-order valence-electron chi connectivity index (χ3n) is 9.01. The van der Waals surface area contributed by atoms with E-state index in [1.165, 1.54) is 16.0 Å². The summed E-state index contributed by atoms with van der Waals surface area (Å²) < 4.78 is 2.37. The number of H-pyrrole nitrogens is 1. The number of amides is 3. The van der Waals surface area contributed by atoms with E-state index in [1.54, 1.807) is 38.6 Å². The van der Waals surface area contributed by atoms with E-state index in [4.69, 9.17) is 15.7 Å². The van der Waals surface area contributed by atoms with E-state index in [9.17, 15) is 14.4 Å². The first kappa shape index (κ1) is 35.6. The zero-order valence-corrected chi connectivity index (χ0v) is 29.7. The number of nitrogens with zero attached hydrogens (tertiary/aromatic N) is 5. The number of hydrogen-bond acceptors (Lipinski definition) is 7. The van der Waals surface area contributed by atoms with E-state index in [2.05, 4.69) is 88.3 Å². The molecule has 0 aliphatic rings. The molecule has 6 aromatic rings. The normalized spacial score (nSPS) is 10.8. The van der Waals surface area contributed by atoms with Gasteiger partial charge in [0.1, 0.15) is 17.2 Å². The minimum Gasteiger partial charge on any atom is -0.444 e. The molecule has 0 fully saturated rings. The first-order chi connectivity index (χ1) is 25.1. The molecule has 0 aliphatic carbocycles. The highest BCUT2D eigenvalue weighted by atomic mass is 16.2. The van der Waals surface area contributed by atoms with E-state index in [1.807, 2.05) is 30.5 Å². The number of rotatable bonds is 13. The molecule has 0 spiro atoms. The zero-order chi connectivity index (χ0) is 36.8. The average molecular weight is 690 g/mol. The molecule has 6 rings (SSSR count). The fourth-order valence-corrected chi connectivity index (χ4v) is 6.56. The molecule has 2 aromatic carbocycles. The van der Waals surface area contributed by atoms with Crippen molar-refractivity contribution in [2.75, 3.05) is 25.4 Å². The predicted molar refractivity (Wildman–Crippen MR) is 208 cm³/mol. The Bertz CT molecular complexity index is 2150. The van der Waals surface area contributed by atoms with E-state index in [-0.39, 0.29) is 31.8 Å². The van der Waals surface area contributed by atoms with Crippen LogP contribution >= 0.6 is 0 Å². The summed E-state index contributed by atoms with van der Waals surface area (Å²) in [4.78, 5) is 55.9. The van der Waals surface area contributed by atoms with E-state index < -0.39 is 11.8 Å². The Kier molecular flexibility index (Phi) is 10.8. The first-order valence-corrected chi connectivity index (χ1v) is 17.2. The van der Waals surface area contributed by atoms with Crippen molar-refractivity contribution in [1.29, 1.82) is 0 Å². The molecule has 4 N–H and O–H groups in total. The molecule has 0 bridgehead atoms. The third-order valence-corrected chi connectivity index (χ3v) is 9.01. The number of carbonyl (C=O) groups excluding carboxylic acids is 3. The molecule has 260 valence electrons. The second kappa shape index (κ2) is 15.8. The number of anilines is 1. The van der Waals surface area contributed by atoms with Gasteiger partial charge >= 0.3 is 0 Å². The molecular weight excluding hydrogens is 650 g/mol. The van der Waals surface area contributed by atoms with Gasteiger partial charge in [-0.05, 0) is 48.5 Å². The fourth-order valence-electron chi connectivity index (χ4n) is 6.56. The van der Waals surface area contributed by atoms with Crippen molar-refractivity contribution in [3.8, 4) is 22.4 Å². The Morgan fingerprint density at radius 3 is 2.02 bits per heavy atom. The highest BCUT2D eigenvalue weighted by Gasteiger charge is 2.30. The quantitative estimate of drug-likeness (QED) is 0.141. The summed E-state index contributed by atoms with van der Waals surface area (Å²) >= 11 is 0. The summed E-state index contributed by atoms with van der Waals surface area (Å²) in [7, 11) is 3.43. The molecule has 11 nitrogen and oxygen atoms in total. The molecule has 0 unspecified atom stereocenters. The largest absolute Gasteiger partial charge is 0.444 e. The van der Waals surface area contributed by atoms with Crippen LogP contribution in [-0.2, 0) is 17.4 Å². The molecule has 0 saturated heterocycles. The van der Waals surface area contributed by atoms with Crippen LogP contribution in [0.4, 0.5) is 5.82 Å². The zero-order valence-electron chi connectivity index (χ0n) is 29.7. The highest BCUT2D eigenvalue weighted by molar-refractivity contribution is 6.82. The maximum Gasteiger partial charge on any atom is 0.268 e. The smallest absolute Gasteiger partial charge is 0.268 e. The molecular formula is C39H40B2N8O3. The third kappa shape index (κ3) is 8.04. The van der Waals surface area contributed by atoms with Gasteiger partial charge < -0.3 is 25.7 Å². The topological polar surface area (TPSA) is 150 Å². The summed E-state index contributed by atoms with van der Waals surface area (Å²) in [5, 5.41) is 3.23. The number of fused-ring (bicyclic) bond motifs is 1. The van der Waals surface area contributed by atoms with Crippen LogP contribution in [0.1, 0.15) is 32.0 Å². The van der Waals surface area contributed by atoms with E-state index in [0.717, 1.165) is 35.1 Å². The Morgan fingerprint density at radius 2 is 1.44 bits per heavy atom. The number of primary amides is 1. The molecule has 52 heavy (non-hydrogen) atoms. The maximum atomic E-state index is 12.8. The number of carbonyl (C=O) groups is 3. The standard InChI is InChI=1S/C39H40B2N8O3/c1-40(21-26-11-7-5-8-12-26)49(41(2)22-27-13-9-6-10-14-27)37-32(33-16-15-28(23-44-33)39(52)48(3)4)19-29(24-45-37)30-17-18-43-36-31(30)20-34(47-36)38(51)46-25-35(42)50/h5-20,23-24H,21-22,25H2,1-4H3,(H2,42,50)(H,43,47)(H,46,51). The number of aromatic nitrogens is 4. The van der Waals surface area contributed by atoms with Crippen molar-refractivity contribution in [2.45, 2.75) is 26.3 Å². The van der Waals surface area contributed by atoms with E-state index >= 15 is 0 Å². The average Bonchev–Trinajstić information content (AvgIpc) is 3.60. The summed E-state index contributed by atoms with van der Waals surface area (Å²) in [6.07, 6.45) is 6.70. The number of hydrogen-bond donors (Lipinski definition) is 3. The number of benzene rings is 2. The minimum atomic E-state index is -0.639. The van der Waals surface area contributed by atoms with Gasteiger partial charge in [0.25, 0.3) is 11.8 Å². The highest BCUT2D eigenvalue weighted by Crippen LogP contribution is 2.36. The molecule has 0 radical (unpaired) electrons. The van der Waals surface area contributed by atoms with Crippen LogP contribution in [0.15, 0.2) is 110 Å². The van der Waals surface area contributed by atoms with Crippen molar-refractivity contribution in [3.63, 3.8) is 0 Å². The van der Waals surface area contributed by atoms with Crippen molar-refractivity contribution in [1.82, 2.24) is 30.2 Å². The summed E-state index contributed by atoms with van der Waals surface area (Å²) in [6.45, 7) is 4.25. The minimum absolute atomic E-state index is 0.0478. The molecule has 4 heterocycles. The van der Waals surface area contributed by atoms with Crippen molar-refractivity contribution in [3.05, 3.63) is 132 Å². The van der Waals surface area contributed by atoms with Crippen LogP contribution in [0.3, 0.4) is 0 Å². The van der Waals surface area contributed by atoms with Crippen LogP contribution in [-0.4, -0.2) is 76.9 Å². The van der Waals surface area contributed by atoms with Crippen molar-refractivity contribution < 1.29 is 14.4 Å². The van der Waals surface area contributed by atoms with Gasteiger partial charge in [0.15, 0.2) is 0 Å². The molecule has 0 atom stereocenters. The Labute approximate surface area is 303 Å². The monoisotopic (exact) mass is 690 g/mol. The molecule has 4 aromatic heterocycles. The van der Waals surface area contributed by atoms with Gasteiger partial charge in [-0.15, -0.1) is 0 Å². The van der Waals surface area contributed by atoms with Gasteiger partial charge in [-0.3, -0.25) is 19.4 Å². The van der Waals surface area contributed by atoms with Crippen LogP contribution in [0.2, 0.25) is 13.6 Å². The number of nitrogens with one attached hydrogen (secondary N) is 2. The summed E-state index contributed by atoms with van der Waals surface area (Å²) in [5.41, 5.74) is 12.0. The lowest BCUT2D eigenvalue weighted by Crippen LogP contribution is -2.50. The second-order valence-electron chi connectivity index (χ2n) is 13.2. The Balaban J connectivity index is 1.49. The van der Waals surface area contributed by atoms with Crippen molar-refractivity contribution >= 4 is 48.3 Å². The predicted octanol–water partition coefficient (Wildman–Crippen LogP) is 5.22. The molecule has 3 amide bonds. The van der Waals surface area contributed by atoms with Gasteiger partial charge in [-0.25, -0.2) is 9.97 Å². The van der Waals surface area contributed by atoms with Crippen LogP contribution in [0.25, 0.3) is 33.4 Å². The molecule has 0 saturated carbocycles. The van der Waals surface area contributed by atoms with Crippen LogP contribution in [0, 0.1) is 0 Å². The van der Waals surface area contributed by atoms with Gasteiger partial charge in [-0.2, -0.15) is 0 Å². The van der Waals surface area contributed by atoms with Crippen LogP contribution < -0.4 is 15.8 Å². The van der Waals surface area contributed by atoms with Crippen molar-refractivity contribution in [2.24, 2.45) is 5.73 Å². The number of aromatic amines is 1. The van der Waals surface area contributed by atoms with Gasteiger partial charge in [0, 0.05) is 49.2 Å². The van der Waals surface area contributed by atoms with Gasteiger partial charge in [-0.1, -0.05) is 85.4 Å². The fraction of sp³-hybridized carbons (Fsp3) is 0.179.